The molecule has 1 atom stereocenters. The maximum Gasteiger partial charge on any atom is 0.253 e. The number of aromatic nitrogens is 1. The highest BCUT2D eigenvalue weighted by atomic mass is 35.5. The van der Waals surface area contributed by atoms with Crippen LogP contribution >= 0.6 is 36.2 Å². The van der Waals surface area contributed by atoms with Gasteiger partial charge in [0.25, 0.3) is 5.91 Å². The fourth-order valence-corrected chi connectivity index (χ4v) is 3.39. The van der Waals surface area contributed by atoms with Crippen LogP contribution in [0.1, 0.15) is 35.8 Å². The number of carbonyl (C=O) groups is 1. The third kappa shape index (κ3) is 4.28. The van der Waals surface area contributed by atoms with E-state index >= 15 is 0 Å². The minimum Gasteiger partial charge on any atom is -0.345 e. The Bertz CT molecular complexity index is 689. The standard InChI is InChI=1S/C17H21N3OS.2ClH/c1-11-14(5-6-15(19-11)12-7-8-22-9-12)16(21)20-17(2,10-18)13-3-4-13;;/h5-9,13H,3-4,10,18H2,1-2H3,(H,20,21);2*1H. The zero-order valence-corrected chi connectivity index (χ0v) is 16.2. The quantitative estimate of drug-likeness (QED) is 0.818. The fourth-order valence-electron chi connectivity index (χ4n) is 2.74. The third-order valence-corrected chi connectivity index (χ3v) is 5.13. The zero-order chi connectivity index (χ0) is 15.7. The van der Waals surface area contributed by atoms with Gasteiger partial charge in [0.2, 0.25) is 0 Å². The van der Waals surface area contributed by atoms with E-state index in [9.17, 15) is 4.79 Å². The molecule has 7 heteroatoms. The average Bonchev–Trinajstić information content (AvgIpc) is 3.23. The lowest BCUT2D eigenvalue weighted by atomic mass is 9.95. The van der Waals surface area contributed by atoms with Gasteiger partial charge in [0.15, 0.2) is 0 Å². The maximum absolute atomic E-state index is 12.6. The molecule has 1 aliphatic carbocycles. The smallest absolute Gasteiger partial charge is 0.253 e. The van der Waals surface area contributed by atoms with Crippen molar-refractivity contribution >= 4 is 42.1 Å². The molecule has 1 fully saturated rings. The number of aryl methyl sites for hydroxylation is 1. The van der Waals surface area contributed by atoms with Crippen LogP contribution < -0.4 is 11.1 Å². The van der Waals surface area contributed by atoms with Crippen molar-refractivity contribution in [3.05, 3.63) is 40.2 Å². The SMILES string of the molecule is Cc1nc(-c2ccsc2)ccc1C(=O)NC(C)(CN)C1CC1.Cl.Cl. The number of hydrogen-bond acceptors (Lipinski definition) is 4. The number of rotatable bonds is 5. The molecule has 0 bridgehead atoms. The molecule has 1 unspecified atom stereocenters. The second kappa shape index (κ2) is 8.30. The van der Waals surface area contributed by atoms with Crippen LogP contribution in [0.2, 0.25) is 0 Å². The molecular weight excluding hydrogens is 365 g/mol. The number of thiophene rings is 1. The lowest BCUT2D eigenvalue weighted by Crippen LogP contribution is -2.53. The second-order valence-electron chi connectivity index (χ2n) is 6.19. The first-order valence-electron chi connectivity index (χ1n) is 7.56. The highest BCUT2D eigenvalue weighted by Gasteiger charge is 2.41. The largest absolute Gasteiger partial charge is 0.345 e. The molecule has 3 N–H and O–H groups in total. The summed E-state index contributed by atoms with van der Waals surface area (Å²) in [4.78, 5) is 17.1. The van der Waals surface area contributed by atoms with Crippen molar-refractivity contribution in [2.75, 3.05) is 6.54 Å². The van der Waals surface area contributed by atoms with Crippen LogP contribution in [0.3, 0.4) is 0 Å². The molecule has 3 rings (SSSR count). The van der Waals surface area contributed by atoms with E-state index in [1.807, 2.05) is 37.4 Å². The van der Waals surface area contributed by atoms with Crippen molar-refractivity contribution in [2.24, 2.45) is 11.7 Å². The normalized spacial score (nSPS) is 15.6. The third-order valence-electron chi connectivity index (χ3n) is 4.45. The summed E-state index contributed by atoms with van der Waals surface area (Å²) in [6, 6.07) is 5.79. The number of nitrogens with one attached hydrogen (secondary N) is 1. The fraction of sp³-hybridized carbons (Fsp3) is 0.412. The molecule has 1 saturated carbocycles. The van der Waals surface area contributed by atoms with E-state index in [1.165, 1.54) is 0 Å². The summed E-state index contributed by atoms with van der Waals surface area (Å²) in [5.74, 6) is 0.418. The van der Waals surface area contributed by atoms with E-state index in [1.54, 1.807) is 11.3 Å². The highest BCUT2D eigenvalue weighted by Crippen LogP contribution is 2.39. The Hall–Kier alpha value is -1.14. The first-order valence-corrected chi connectivity index (χ1v) is 8.50. The first-order chi connectivity index (χ1) is 10.5. The van der Waals surface area contributed by atoms with Crippen LogP contribution in [0.25, 0.3) is 11.3 Å². The van der Waals surface area contributed by atoms with E-state index in [2.05, 4.69) is 15.7 Å². The van der Waals surface area contributed by atoms with E-state index < -0.39 is 0 Å². The summed E-state index contributed by atoms with van der Waals surface area (Å²) in [6.07, 6.45) is 2.28. The number of nitrogens with two attached hydrogens (primary N) is 1. The molecule has 2 aromatic rings. The van der Waals surface area contributed by atoms with Gasteiger partial charge in [-0.1, -0.05) is 0 Å². The lowest BCUT2D eigenvalue weighted by molar-refractivity contribution is 0.0897. The number of carbonyl (C=O) groups excluding carboxylic acids is 1. The maximum atomic E-state index is 12.6. The molecule has 0 aliphatic heterocycles. The number of hydrogen-bond donors (Lipinski definition) is 2. The minimum absolute atomic E-state index is 0. The molecule has 1 aliphatic rings. The van der Waals surface area contributed by atoms with Gasteiger partial charge >= 0.3 is 0 Å². The monoisotopic (exact) mass is 387 g/mol. The van der Waals surface area contributed by atoms with Crippen molar-refractivity contribution in [1.82, 2.24) is 10.3 Å². The first kappa shape index (κ1) is 20.9. The number of amides is 1. The van der Waals surface area contributed by atoms with Gasteiger partial charge in [-0.2, -0.15) is 11.3 Å². The average molecular weight is 388 g/mol. The molecular formula is C17H23Cl2N3OS. The predicted octanol–water partition coefficient (Wildman–Crippen LogP) is 3.82. The van der Waals surface area contributed by atoms with Crippen LogP contribution in [0.15, 0.2) is 29.0 Å². The number of halogens is 2. The Labute approximate surface area is 159 Å². The van der Waals surface area contributed by atoms with Gasteiger partial charge < -0.3 is 11.1 Å². The van der Waals surface area contributed by atoms with E-state index in [4.69, 9.17) is 5.73 Å². The number of pyridine rings is 1. The molecule has 2 aromatic heterocycles. The Morgan fingerprint density at radius 3 is 2.58 bits per heavy atom. The van der Waals surface area contributed by atoms with Crippen molar-refractivity contribution in [3.63, 3.8) is 0 Å². The summed E-state index contributed by atoms with van der Waals surface area (Å²) >= 11 is 1.64. The van der Waals surface area contributed by atoms with Crippen molar-refractivity contribution in [3.8, 4) is 11.3 Å². The van der Waals surface area contributed by atoms with Gasteiger partial charge in [0.05, 0.1) is 22.5 Å². The summed E-state index contributed by atoms with van der Waals surface area (Å²) in [5, 5.41) is 7.19. The van der Waals surface area contributed by atoms with E-state index in [0.717, 1.165) is 29.8 Å². The molecule has 1 amide bonds. The summed E-state index contributed by atoms with van der Waals surface area (Å²) < 4.78 is 0. The van der Waals surface area contributed by atoms with Gasteiger partial charge in [-0.3, -0.25) is 9.78 Å². The molecule has 0 radical (unpaired) electrons. The van der Waals surface area contributed by atoms with Crippen LogP contribution in [-0.4, -0.2) is 23.0 Å². The molecule has 24 heavy (non-hydrogen) atoms. The van der Waals surface area contributed by atoms with Crippen molar-refractivity contribution in [1.29, 1.82) is 0 Å². The summed E-state index contributed by atoms with van der Waals surface area (Å²) in [6.45, 7) is 4.37. The van der Waals surface area contributed by atoms with Crippen LogP contribution in [0, 0.1) is 12.8 Å². The molecule has 0 saturated heterocycles. The molecule has 2 heterocycles. The van der Waals surface area contributed by atoms with Crippen LogP contribution in [0.5, 0.6) is 0 Å². The molecule has 4 nitrogen and oxygen atoms in total. The Morgan fingerprint density at radius 2 is 2.08 bits per heavy atom. The molecule has 0 aromatic carbocycles. The van der Waals surface area contributed by atoms with Crippen molar-refractivity contribution < 1.29 is 4.79 Å². The van der Waals surface area contributed by atoms with E-state index in [-0.39, 0.29) is 36.3 Å². The predicted molar refractivity (Wildman–Crippen MR) is 104 cm³/mol. The second-order valence-corrected chi connectivity index (χ2v) is 6.97. The minimum atomic E-state index is -0.310. The number of nitrogens with zero attached hydrogens (tertiary/aromatic N) is 1. The van der Waals surface area contributed by atoms with Crippen LogP contribution in [0.4, 0.5) is 0 Å². The van der Waals surface area contributed by atoms with Crippen molar-refractivity contribution in [2.45, 2.75) is 32.2 Å². The highest BCUT2D eigenvalue weighted by molar-refractivity contribution is 7.08. The van der Waals surface area contributed by atoms with Crippen LogP contribution in [-0.2, 0) is 0 Å². The Kier molecular flexibility index (Phi) is 7.23. The Balaban J connectivity index is 0.00000144. The van der Waals surface area contributed by atoms with Gasteiger partial charge in [-0.25, -0.2) is 0 Å². The summed E-state index contributed by atoms with van der Waals surface area (Å²) in [7, 11) is 0. The lowest BCUT2D eigenvalue weighted by Gasteiger charge is -2.29. The molecule has 132 valence electrons. The van der Waals surface area contributed by atoms with Gasteiger partial charge in [-0.05, 0) is 56.2 Å². The molecule has 0 spiro atoms. The zero-order valence-electron chi connectivity index (χ0n) is 13.7. The van der Waals surface area contributed by atoms with E-state index in [0.29, 0.717) is 18.0 Å². The summed E-state index contributed by atoms with van der Waals surface area (Å²) in [5.41, 5.74) is 8.92. The Morgan fingerprint density at radius 1 is 1.38 bits per heavy atom. The van der Waals surface area contributed by atoms with Gasteiger partial charge in [0, 0.05) is 17.5 Å². The van der Waals surface area contributed by atoms with Gasteiger partial charge in [-0.15, -0.1) is 24.8 Å². The van der Waals surface area contributed by atoms with Gasteiger partial charge in [0.1, 0.15) is 0 Å². The topological polar surface area (TPSA) is 68.0 Å².